The van der Waals surface area contributed by atoms with Crippen LogP contribution in [0.2, 0.25) is 0 Å². The third-order valence-corrected chi connectivity index (χ3v) is 2.89. The lowest BCUT2D eigenvalue weighted by molar-refractivity contribution is 0.0961. The van der Waals surface area contributed by atoms with Crippen molar-refractivity contribution in [1.29, 1.82) is 0 Å². The van der Waals surface area contributed by atoms with E-state index in [1.807, 2.05) is 12.4 Å². The summed E-state index contributed by atoms with van der Waals surface area (Å²) in [5, 5.41) is 3.39. The molecule has 2 heterocycles. The van der Waals surface area contributed by atoms with Crippen LogP contribution in [-0.2, 0) is 17.8 Å². The molecule has 1 saturated heterocycles. The molecule has 0 aromatic carbocycles. The van der Waals surface area contributed by atoms with Gasteiger partial charge in [-0.2, -0.15) is 0 Å². The lowest BCUT2D eigenvalue weighted by atomic mass is 10.2. The zero-order valence-corrected chi connectivity index (χ0v) is 10.1. The average Bonchev–Trinajstić information content (AvgIpc) is 2.87. The Hall–Kier alpha value is -0.870. The molecule has 1 unspecified atom stereocenters. The number of rotatable bonds is 5. The monoisotopic (exact) mass is 223 g/mol. The van der Waals surface area contributed by atoms with Crippen LogP contribution < -0.4 is 5.32 Å². The number of hydrogen-bond acceptors (Lipinski definition) is 3. The van der Waals surface area contributed by atoms with Crippen LogP contribution in [0, 0.1) is 0 Å². The van der Waals surface area contributed by atoms with Gasteiger partial charge in [0.1, 0.15) is 5.82 Å². The maximum Gasteiger partial charge on any atom is 0.122 e. The minimum absolute atomic E-state index is 0.381. The van der Waals surface area contributed by atoms with Gasteiger partial charge in [-0.25, -0.2) is 4.98 Å². The molecule has 1 aliphatic heterocycles. The van der Waals surface area contributed by atoms with Crippen LogP contribution in [0.25, 0.3) is 0 Å². The molecular weight excluding hydrogens is 202 g/mol. The van der Waals surface area contributed by atoms with Gasteiger partial charge in [0.15, 0.2) is 0 Å². The molecule has 0 amide bonds. The molecule has 0 aliphatic carbocycles. The summed E-state index contributed by atoms with van der Waals surface area (Å²) in [6, 6.07) is 0.493. The van der Waals surface area contributed by atoms with Crippen molar-refractivity contribution < 1.29 is 4.74 Å². The molecule has 4 heteroatoms. The number of aromatic nitrogens is 2. The molecule has 1 N–H and O–H groups in total. The smallest absolute Gasteiger partial charge is 0.122 e. The number of imidazole rings is 1. The van der Waals surface area contributed by atoms with E-state index in [0.717, 1.165) is 25.5 Å². The van der Waals surface area contributed by atoms with Crippen molar-refractivity contribution in [3.63, 3.8) is 0 Å². The van der Waals surface area contributed by atoms with Crippen molar-refractivity contribution in [3.05, 3.63) is 18.2 Å². The van der Waals surface area contributed by atoms with Crippen LogP contribution in [0.1, 0.15) is 32.5 Å². The van der Waals surface area contributed by atoms with E-state index < -0.39 is 0 Å². The maximum atomic E-state index is 5.64. The highest BCUT2D eigenvalue weighted by Gasteiger charge is 2.17. The van der Waals surface area contributed by atoms with Crippen LogP contribution in [0.4, 0.5) is 0 Å². The molecule has 0 saturated carbocycles. The fourth-order valence-corrected chi connectivity index (χ4v) is 1.98. The molecule has 90 valence electrons. The van der Waals surface area contributed by atoms with E-state index in [0.29, 0.717) is 12.1 Å². The molecule has 1 aromatic heterocycles. The van der Waals surface area contributed by atoms with E-state index in [9.17, 15) is 0 Å². The van der Waals surface area contributed by atoms with Crippen molar-refractivity contribution in [2.75, 3.05) is 6.61 Å². The Morgan fingerprint density at radius 1 is 1.62 bits per heavy atom. The zero-order chi connectivity index (χ0) is 11.4. The summed E-state index contributed by atoms with van der Waals surface area (Å²) in [4.78, 5) is 4.38. The Morgan fingerprint density at radius 3 is 3.19 bits per heavy atom. The van der Waals surface area contributed by atoms with Crippen LogP contribution in [0.15, 0.2) is 12.4 Å². The summed E-state index contributed by atoms with van der Waals surface area (Å²) in [6.07, 6.45) is 6.66. The molecule has 0 radical (unpaired) electrons. The van der Waals surface area contributed by atoms with Crippen LogP contribution in [0.5, 0.6) is 0 Å². The van der Waals surface area contributed by atoms with Crippen LogP contribution in [0.3, 0.4) is 0 Å². The topological polar surface area (TPSA) is 39.1 Å². The standard InChI is InChI=1S/C12H21N3O/c1-10(2)14-8-12-13-5-6-15(12)9-11-4-3-7-16-11/h5-6,10-11,14H,3-4,7-9H2,1-2H3. The SMILES string of the molecule is CC(C)NCc1nccn1CC1CCCO1. The van der Waals surface area contributed by atoms with Gasteiger partial charge in [-0.1, -0.05) is 13.8 Å². The van der Waals surface area contributed by atoms with E-state index in [-0.39, 0.29) is 0 Å². The number of ether oxygens (including phenoxy) is 1. The summed E-state index contributed by atoms with van der Waals surface area (Å²) in [5.41, 5.74) is 0. The highest BCUT2D eigenvalue weighted by molar-refractivity contribution is 4.93. The van der Waals surface area contributed by atoms with Gasteiger partial charge in [0.05, 0.1) is 19.2 Å². The minimum atomic E-state index is 0.381. The Morgan fingerprint density at radius 2 is 2.50 bits per heavy atom. The normalized spacial score (nSPS) is 20.8. The number of hydrogen-bond donors (Lipinski definition) is 1. The predicted octanol–water partition coefficient (Wildman–Crippen LogP) is 1.56. The van der Waals surface area contributed by atoms with Gasteiger partial charge < -0.3 is 14.6 Å². The molecule has 1 fully saturated rings. The Balaban J connectivity index is 1.90. The molecule has 1 aliphatic rings. The number of nitrogens with one attached hydrogen (secondary N) is 1. The molecular formula is C12H21N3O. The van der Waals surface area contributed by atoms with Gasteiger partial charge in [0.2, 0.25) is 0 Å². The summed E-state index contributed by atoms with van der Waals surface area (Å²) in [6.45, 7) is 6.98. The molecule has 16 heavy (non-hydrogen) atoms. The minimum Gasteiger partial charge on any atom is -0.376 e. The zero-order valence-electron chi connectivity index (χ0n) is 10.1. The van der Waals surface area contributed by atoms with Crippen LogP contribution >= 0.6 is 0 Å². The Labute approximate surface area is 97.0 Å². The molecule has 0 bridgehead atoms. The summed E-state index contributed by atoms with van der Waals surface area (Å²) in [5.74, 6) is 1.10. The molecule has 2 rings (SSSR count). The first-order valence-corrected chi connectivity index (χ1v) is 6.10. The second kappa shape index (κ2) is 5.46. The van der Waals surface area contributed by atoms with E-state index in [4.69, 9.17) is 4.74 Å². The summed E-state index contributed by atoms with van der Waals surface area (Å²) in [7, 11) is 0. The quantitative estimate of drug-likeness (QED) is 0.823. The summed E-state index contributed by atoms with van der Waals surface area (Å²) >= 11 is 0. The van der Waals surface area contributed by atoms with Gasteiger partial charge >= 0.3 is 0 Å². The highest BCUT2D eigenvalue weighted by atomic mass is 16.5. The lowest BCUT2D eigenvalue weighted by Gasteiger charge is -2.14. The van der Waals surface area contributed by atoms with Crippen molar-refractivity contribution in [1.82, 2.24) is 14.9 Å². The average molecular weight is 223 g/mol. The molecule has 4 nitrogen and oxygen atoms in total. The van der Waals surface area contributed by atoms with E-state index in [1.54, 1.807) is 0 Å². The second-order valence-electron chi connectivity index (χ2n) is 4.67. The molecule has 1 aromatic rings. The first-order chi connectivity index (χ1) is 7.75. The maximum absolute atomic E-state index is 5.64. The first kappa shape index (κ1) is 11.6. The van der Waals surface area contributed by atoms with Crippen molar-refractivity contribution in [2.24, 2.45) is 0 Å². The van der Waals surface area contributed by atoms with Gasteiger partial charge in [-0.15, -0.1) is 0 Å². The second-order valence-corrected chi connectivity index (χ2v) is 4.67. The fraction of sp³-hybridized carbons (Fsp3) is 0.750. The Kier molecular flexibility index (Phi) is 3.96. The fourth-order valence-electron chi connectivity index (χ4n) is 1.98. The number of nitrogens with zero attached hydrogens (tertiary/aromatic N) is 2. The first-order valence-electron chi connectivity index (χ1n) is 6.10. The van der Waals surface area contributed by atoms with Crippen molar-refractivity contribution in [3.8, 4) is 0 Å². The Bertz CT molecular complexity index is 316. The van der Waals surface area contributed by atoms with E-state index in [1.165, 1.54) is 12.8 Å². The summed E-state index contributed by atoms with van der Waals surface area (Å²) < 4.78 is 7.84. The van der Waals surface area contributed by atoms with Gasteiger partial charge in [0, 0.05) is 25.0 Å². The highest BCUT2D eigenvalue weighted by Crippen LogP contribution is 2.14. The van der Waals surface area contributed by atoms with E-state index in [2.05, 4.69) is 28.7 Å². The molecule has 1 atom stereocenters. The van der Waals surface area contributed by atoms with Crippen LogP contribution in [-0.4, -0.2) is 28.3 Å². The van der Waals surface area contributed by atoms with Gasteiger partial charge in [-0.05, 0) is 12.8 Å². The third kappa shape index (κ3) is 3.06. The van der Waals surface area contributed by atoms with Crippen molar-refractivity contribution >= 4 is 0 Å². The van der Waals surface area contributed by atoms with Gasteiger partial charge in [0.25, 0.3) is 0 Å². The van der Waals surface area contributed by atoms with E-state index >= 15 is 0 Å². The third-order valence-electron chi connectivity index (χ3n) is 2.89. The lowest BCUT2D eigenvalue weighted by Crippen LogP contribution is -2.25. The van der Waals surface area contributed by atoms with Gasteiger partial charge in [-0.3, -0.25) is 0 Å². The predicted molar refractivity (Wildman–Crippen MR) is 63.2 cm³/mol. The largest absolute Gasteiger partial charge is 0.376 e. The van der Waals surface area contributed by atoms with Crippen molar-refractivity contribution in [2.45, 2.75) is 51.9 Å². The molecule has 0 spiro atoms.